The topological polar surface area (TPSA) is 150 Å². The van der Waals surface area contributed by atoms with Crippen molar-refractivity contribution in [2.45, 2.75) is 10.8 Å². The standard InChI is InChI=1S/C11H15ClN6O5S/c1-18-9(24(13,20)21)6(7(12)17-18)8(19)16-10-14-4-11(22-2,23-3)5-15-10/h4H,5H2,1-3H3,(H2,13,20,21)(H,15,16,19). The molecule has 1 aromatic rings. The highest BCUT2D eigenvalue weighted by atomic mass is 35.5. The fourth-order valence-corrected chi connectivity index (χ4v) is 3.20. The lowest BCUT2D eigenvalue weighted by atomic mass is 10.3. The molecule has 0 spiro atoms. The van der Waals surface area contributed by atoms with E-state index in [1.807, 2.05) is 0 Å². The van der Waals surface area contributed by atoms with Crippen LogP contribution >= 0.6 is 11.6 Å². The lowest BCUT2D eigenvalue weighted by molar-refractivity contribution is -0.142. The molecule has 0 saturated heterocycles. The van der Waals surface area contributed by atoms with E-state index in [1.165, 1.54) is 27.5 Å². The van der Waals surface area contributed by atoms with Crippen molar-refractivity contribution in [3.05, 3.63) is 10.7 Å². The third-order valence-corrected chi connectivity index (χ3v) is 4.47. The van der Waals surface area contributed by atoms with Crippen LogP contribution in [0.25, 0.3) is 0 Å². The number of carbonyl (C=O) groups is 1. The molecule has 0 saturated carbocycles. The number of nitrogens with one attached hydrogen (secondary N) is 1. The number of aryl methyl sites for hydroxylation is 1. The summed E-state index contributed by atoms with van der Waals surface area (Å²) in [6.07, 6.45) is 1.32. The average Bonchev–Trinajstić information content (AvgIpc) is 2.83. The van der Waals surface area contributed by atoms with Gasteiger partial charge in [0.15, 0.2) is 10.2 Å². The third-order valence-electron chi connectivity index (χ3n) is 3.20. The quantitative estimate of drug-likeness (QED) is 0.633. The smallest absolute Gasteiger partial charge is 0.264 e. The van der Waals surface area contributed by atoms with Gasteiger partial charge in [0.05, 0.1) is 6.21 Å². The number of methoxy groups -OCH3 is 2. The van der Waals surface area contributed by atoms with Gasteiger partial charge in [-0.2, -0.15) is 5.10 Å². The lowest BCUT2D eigenvalue weighted by Crippen LogP contribution is -2.44. The zero-order valence-electron chi connectivity index (χ0n) is 13.0. The van der Waals surface area contributed by atoms with Gasteiger partial charge >= 0.3 is 0 Å². The fraction of sp³-hybridized carbons (Fsp3) is 0.455. The summed E-state index contributed by atoms with van der Waals surface area (Å²) in [5.74, 6) is -2.05. The number of hydrogen-bond donors (Lipinski definition) is 2. The van der Waals surface area contributed by atoms with E-state index in [1.54, 1.807) is 0 Å². The second-order valence-corrected chi connectivity index (χ2v) is 6.55. The molecule has 0 radical (unpaired) electrons. The van der Waals surface area contributed by atoms with Gasteiger partial charge in [-0.15, -0.1) is 0 Å². The van der Waals surface area contributed by atoms with Gasteiger partial charge in [0.25, 0.3) is 15.9 Å². The predicted octanol–water partition coefficient (Wildman–Crippen LogP) is -1.12. The van der Waals surface area contributed by atoms with Gasteiger partial charge < -0.3 is 9.47 Å². The highest BCUT2D eigenvalue weighted by Crippen LogP contribution is 2.22. The maximum Gasteiger partial charge on any atom is 0.264 e. The van der Waals surface area contributed by atoms with Crippen molar-refractivity contribution in [1.29, 1.82) is 0 Å². The van der Waals surface area contributed by atoms with E-state index in [0.717, 1.165) is 4.68 Å². The van der Waals surface area contributed by atoms with E-state index in [0.29, 0.717) is 0 Å². The highest BCUT2D eigenvalue weighted by Gasteiger charge is 2.32. The Balaban J connectivity index is 2.28. The van der Waals surface area contributed by atoms with Crippen LogP contribution in [0.1, 0.15) is 10.4 Å². The first-order valence-corrected chi connectivity index (χ1v) is 8.32. The van der Waals surface area contributed by atoms with Crippen molar-refractivity contribution in [2.75, 3.05) is 20.8 Å². The molecule has 3 N–H and O–H groups in total. The summed E-state index contributed by atoms with van der Waals surface area (Å²) in [5.41, 5.74) is -0.394. The first-order chi connectivity index (χ1) is 11.1. The van der Waals surface area contributed by atoms with Gasteiger partial charge in [0, 0.05) is 21.3 Å². The van der Waals surface area contributed by atoms with Crippen LogP contribution in [0.15, 0.2) is 15.0 Å². The van der Waals surface area contributed by atoms with E-state index in [-0.39, 0.29) is 17.7 Å². The number of hydrogen-bond acceptors (Lipinski definition) is 8. The van der Waals surface area contributed by atoms with Gasteiger partial charge in [0.1, 0.15) is 12.1 Å². The number of aromatic nitrogens is 2. The summed E-state index contributed by atoms with van der Waals surface area (Å²) in [4.78, 5) is 20.2. The molecule has 1 aliphatic rings. The second kappa shape index (κ2) is 6.57. The lowest BCUT2D eigenvalue weighted by Gasteiger charge is -2.27. The Hall–Kier alpha value is -1.86. The van der Waals surface area contributed by atoms with Crippen molar-refractivity contribution in [3.63, 3.8) is 0 Å². The van der Waals surface area contributed by atoms with Crippen LogP contribution in [0.2, 0.25) is 5.15 Å². The second-order valence-electron chi connectivity index (χ2n) is 4.71. The molecule has 132 valence electrons. The SMILES string of the molecule is COC1(OC)C=NC(NC(=O)c2c(Cl)nn(C)c2S(N)(=O)=O)=NC1. The number of rotatable bonds is 4. The van der Waals surface area contributed by atoms with Crippen LogP contribution in [0.5, 0.6) is 0 Å². The van der Waals surface area contributed by atoms with E-state index in [2.05, 4.69) is 20.4 Å². The van der Waals surface area contributed by atoms with Crippen molar-refractivity contribution in [1.82, 2.24) is 15.1 Å². The third kappa shape index (κ3) is 3.47. The normalized spacial score (nSPS) is 16.8. The van der Waals surface area contributed by atoms with Gasteiger partial charge in [-0.05, 0) is 0 Å². The average molecular weight is 379 g/mol. The monoisotopic (exact) mass is 378 g/mol. The van der Waals surface area contributed by atoms with Crippen LogP contribution in [0.4, 0.5) is 0 Å². The number of carbonyl (C=O) groups excluding carboxylic acids is 1. The summed E-state index contributed by atoms with van der Waals surface area (Å²) in [5, 5.41) is 10.3. The molecule has 2 rings (SSSR count). The first kappa shape index (κ1) is 18.5. The van der Waals surface area contributed by atoms with Gasteiger partial charge in [-0.1, -0.05) is 11.6 Å². The Morgan fingerprint density at radius 1 is 1.46 bits per heavy atom. The minimum atomic E-state index is -4.22. The molecule has 24 heavy (non-hydrogen) atoms. The zero-order chi connectivity index (χ0) is 18.1. The maximum absolute atomic E-state index is 12.3. The first-order valence-electron chi connectivity index (χ1n) is 6.40. The van der Waals surface area contributed by atoms with Gasteiger partial charge in [-0.3, -0.25) is 14.8 Å². The molecule has 0 aromatic carbocycles. The molecule has 0 fully saturated rings. The van der Waals surface area contributed by atoms with Crippen molar-refractivity contribution >= 4 is 39.7 Å². The van der Waals surface area contributed by atoms with E-state index in [9.17, 15) is 13.2 Å². The molecule has 2 heterocycles. The van der Waals surface area contributed by atoms with E-state index in [4.69, 9.17) is 26.2 Å². The Morgan fingerprint density at radius 3 is 2.54 bits per heavy atom. The van der Waals surface area contributed by atoms with Crippen molar-refractivity contribution < 1.29 is 22.7 Å². The van der Waals surface area contributed by atoms with E-state index >= 15 is 0 Å². The van der Waals surface area contributed by atoms with Gasteiger partial charge in [-0.25, -0.2) is 23.5 Å². The number of nitrogens with zero attached hydrogens (tertiary/aromatic N) is 4. The number of primary sulfonamides is 1. The molecule has 13 heteroatoms. The number of sulfonamides is 1. The Kier molecular flexibility index (Phi) is 5.05. The van der Waals surface area contributed by atoms with Crippen LogP contribution in [0.3, 0.4) is 0 Å². The molecule has 0 aliphatic carbocycles. The minimum absolute atomic E-state index is 0.0436. The summed E-state index contributed by atoms with van der Waals surface area (Å²) in [6.45, 7) is 0.0436. The Bertz CT molecular complexity index is 826. The molecule has 0 bridgehead atoms. The summed E-state index contributed by atoms with van der Waals surface area (Å²) >= 11 is 5.83. The number of halogens is 1. The molecule has 1 aromatic heterocycles. The molecule has 0 atom stereocenters. The van der Waals surface area contributed by atoms with Crippen LogP contribution in [-0.2, 0) is 26.5 Å². The van der Waals surface area contributed by atoms with Crippen LogP contribution in [0, 0.1) is 0 Å². The number of ether oxygens (including phenoxy) is 2. The minimum Gasteiger partial charge on any atom is -0.347 e. The Labute approximate surface area is 142 Å². The highest BCUT2D eigenvalue weighted by molar-refractivity contribution is 7.89. The molecule has 1 aliphatic heterocycles. The molecular formula is C11H15ClN6O5S. The number of aliphatic imine (C=N–C) groups is 2. The predicted molar refractivity (Wildman–Crippen MR) is 84.6 cm³/mol. The largest absolute Gasteiger partial charge is 0.347 e. The van der Waals surface area contributed by atoms with Gasteiger partial charge in [0.2, 0.25) is 11.7 Å². The molecule has 11 nitrogen and oxygen atoms in total. The molecule has 1 amide bonds. The fourth-order valence-electron chi connectivity index (χ4n) is 1.97. The summed E-state index contributed by atoms with van der Waals surface area (Å²) < 4.78 is 34.4. The maximum atomic E-state index is 12.3. The Morgan fingerprint density at radius 2 is 2.08 bits per heavy atom. The van der Waals surface area contributed by atoms with E-state index < -0.39 is 32.3 Å². The van der Waals surface area contributed by atoms with Crippen LogP contribution in [-0.4, -0.2) is 62.8 Å². The number of amides is 1. The number of guanidine groups is 1. The van der Waals surface area contributed by atoms with Crippen LogP contribution < -0.4 is 10.5 Å². The molecular weight excluding hydrogens is 364 g/mol. The summed E-state index contributed by atoms with van der Waals surface area (Å²) in [6, 6.07) is 0. The van der Waals surface area contributed by atoms with Crippen molar-refractivity contribution in [3.8, 4) is 0 Å². The molecule has 0 unspecified atom stereocenters. The van der Waals surface area contributed by atoms with Crippen molar-refractivity contribution in [2.24, 2.45) is 22.2 Å². The number of nitrogens with two attached hydrogens (primary N) is 1. The zero-order valence-corrected chi connectivity index (χ0v) is 14.6. The summed E-state index contributed by atoms with van der Waals surface area (Å²) in [7, 11) is -0.0848.